The van der Waals surface area contributed by atoms with Gasteiger partial charge in [0.1, 0.15) is 0 Å². The summed E-state index contributed by atoms with van der Waals surface area (Å²) in [5.41, 5.74) is 12.8. The molecule has 0 saturated heterocycles. The number of rotatable bonds is 2. The van der Waals surface area contributed by atoms with Gasteiger partial charge in [-0.05, 0) is 37.0 Å². The van der Waals surface area contributed by atoms with Crippen LogP contribution in [0.1, 0.15) is 35.3 Å². The van der Waals surface area contributed by atoms with Crippen molar-refractivity contribution in [1.29, 1.82) is 0 Å². The Hall–Kier alpha value is -2.15. The fourth-order valence-corrected chi connectivity index (χ4v) is 3.94. The summed E-state index contributed by atoms with van der Waals surface area (Å²) in [5, 5.41) is 1.23. The minimum Gasteiger partial charge on any atom is -0.370 e. The molecule has 0 fully saturated rings. The predicted molar refractivity (Wildman–Crippen MR) is 80.6 cm³/mol. The molecule has 0 spiro atoms. The average Bonchev–Trinajstić information content (AvgIpc) is 2.35. The van der Waals surface area contributed by atoms with Crippen LogP contribution in [0, 0.1) is 0 Å². The molecule has 7 heteroatoms. The zero-order valence-corrected chi connectivity index (χ0v) is 12.7. The van der Waals surface area contributed by atoms with Gasteiger partial charge in [-0.25, -0.2) is 8.42 Å². The van der Waals surface area contributed by atoms with Gasteiger partial charge in [0.2, 0.25) is 0 Å². The Balaban J connectivity index is 2.68. The van der Waals surface area contributed by atoms with Crippen LogP contribution in [-0.4, -0.2) is 20.3 Å². The Morgan fingerprint density at radius 2 is 2.00 bits per heavy atom. The van der Waals surface area contributed by atoms with Crippen molar-refractivity contribution in [3.63, 3.8) is 0 Å². The molecule has 0 radical (unpaired) electrons. The summed E-state index contributed by atoms with van der Waals surface area (Å²) in [6, 6.07) is 3.13. The number of allylic oxidation sites excluding steroid dienone is 1. The monoisotopic (exact) mass is 307 g/mol. The minimum absolute atomic E-state index is 0.152. The molecule has 4 N–H and O–H groups in total. The number of benzene rings is 1. The van der Waals surface area contributed by atoms with E-state index in [1.54, 1.807) is 13.0 Å². The first-order chi connectivity index (χ1) is 9.74. The van der Waals surface area contributed by atoms with Gasteiger partial charge in [0, 0.05) is 11.0 Å². The molecule has 0 atom stereocenters. The smallest absolute Gasteiger partial charge is 0.280 e. The molecule has 6 nitrogen and oxygen atoms in total. The summed E-state index contributed by atoms with van der Waals surface area (Å²) in [7, 11) is -3.53. The van der Waals surface area contributed by atoms with E-state index in [1.807, 2.05) is 6.92 Å². The van der Waals surface area contributed by atoms with Crippen LogP contribution in [0.5, 0.6) is 0 Å². The molecular formula is C14H17N3O3S. The van der Waals surface area contributed by atoms with Crippen LogP contribution in [0.25, 0.3) is 0 Å². The third-order valence-electron chi connectivity index (χ3n) is 3.26. The number of hydrogen-bond donors (Lipinski definition) is 2. The van der Waals surface area contributed by atoms with Crippen molar-refractivity contribution in [2.45, 2.75) is 31.6 Å². The van der Waals surface area contributed by atoms with Crippen molar-refractivity contribution in [3.8, 4) is 0 Å². The van der Waals surface area contributed by atoms with Crippen LogP contribution in [-0.2, 0) is 22.7 Å². The van der Waals surface area contributed by atoms with Crippen molar-refractivity contribution in [2.75, 3.05) is 0 Å². The number of hydrogen-bond acceptors (Lipinski definition) is 3. The Kier molecular flexibility index (Phi) is 3.87. The van der Waals surface area contributed by atoms with E-state index in [1.165, 1.54) is 11.5 Å². The van der Waals surface area contributed by atoms with Gasteiger partial charge in [0.15, 0.2) is 15.8 Å². The molecule has 1 aliphatic rings. The molecule has 21 heavy (non-hydrogen) atoms. The molecule has 0 unspecified atom stereocenters. The Morgan fingerprint density at radius 3 is 2.57 bits per heavy atom. The van der Waals surface area contributed by atoms with Crippen LogP contribution in [0.4, 0.5) is 0 Å². The van der Waals surface area contributed by atoms with Crippen molar-refractivity contribution < 1.29 is 13.2 Å². The summed E-state index contributed by atoms with van der Waals surface area (Å²) in [5.74, 6) is -0.977. The minimum atomic E-state index is -3.53. The van der Waals surface area contributed by atoms with Crippen molar-refractivity contribution >= 4 is 21.7 Å². The summed E-state index contributed by atoms with van der Waals surface area (Å²) in [6.07, 6.45) is 1.13. The topological polar surface area (TPSA) is 116 Å². The van der Waals surface area contributed by atoms with E-state index < -0.39 is 15.7 Å². The van der Waals surface area contributed by atoms with Gasteiger partial charge < -0.3 is 11.5 Å². The van der Waals surface area contributed by atoms with Gasteiger partial charge in [-0.3, -0.25) is 4.79 Å². The van der Waals surface area contributed by atoms with E-state index in [0.717, 1.165) is 11.1 Å². The van der Waals surface area contributed by atoms with Crippen LogP contribution in [0.3, 0.4) is 0 Å². The summed E-state index contributed by atoms with van der Waals surface area (Å²) < 4.78 is 24.4. The summed E-state index contributed by atoms with van der Waals surface area (Å²) in [6.45, 7) is 3.65. The standard InChI is InChI=1S/C14H17N3O3S/c1-3-9-5-10-4-8(2)7-21(19,20)12(10)6-11(9)13(18)17-14(15)16/h5-7H,3-4H2,1-2H3,(H4,15,16,17,18). The maximum Gasteiger partial charge on any atom is 0.280 e. The first-order valence-electron chi connectivity index (χ1n) is 6.46. The number of carbonyl (C=O) groups is 1. The lowest BCUT2D eigenvalue weighted by atomic mass is 9.98. The maximum absolute atomic E-state index is 12.2. The van der Waals surface area contributed by atoms with E-state index >= 15 is 0 Å². The molecule has 1 aromatic rings. The Morgan fingerprint density at radius 1 is 1.33 bits per heavy atom. The highest BCUT2D eigenvalue weighted by atomic mass is 32.2. The lowest BCUT2D eigenvalue weighted by molar-refractivity contribution is 0.100. The van der Waals surface area contributed by atoms with Gasteiger partial charge in [0.05, 0.1) is 4.90 Å². The number of aryl methyl sites for hydroxylation is 1. The third kappa shape index (κ3) is 2.97. The number of aliphatic imine (C=N–C) groups is 1. The van der Waals surface area contributed by atoms with E-state index in [4.69, 9.17) is 11.5 Å². The molecule has 0 aliphatic carbocycles. The van der Waals surface area contributed by atoms with Gasteiger partial charge in [-0.2, -0.15) is 4.99 Å². The van der Waals surface area contributed by atoms with E-state index in [2.05, 4.69) is 4.99 Å². The average molecular weight is 307 g/mol. The molecule has 1 heterocycles. The number of carbonyl (C=O) groups excluding carboxylic acids is 1. The SMILES string of the molecule is CCc1cc2c(cc1C(=O)N=C(N)N)S(=O)(=O)C=C(C)C2. The highest BCUT2D eigenvalue weighted by Crippen LogP contribution is 2.30. The molecule has 1 aromatic carbocycles. The number of guanidine groups is 1. The molecular weight excluding hydrogens is 290 g/mol. The second kappa shape index (κ2) is 5.33. The number of sulfone groups is 1. The van der Waals surface area contributed by atoms with E-state index in [-0.39, 0.29) is 16.4 Å². The Bertz CT molecular complexity index is 773. The zero-order chi connectivity index (χ0) is 15.8. The van der Waals surface area contributed by atoms with Crippen LogP contribution in [0.2, 0.25) is 0 Å². The molecule has 2 rings (SSSR count). The summed E-state index contributed by atoms with van der Waals surface area (Å²) in [4.78, 5) is 15.7. The maximum atomic E-state index is 12.2. The quantitative estimate of drug-likeness (QED) is 0.622. The number of amides is 1. The second-order valence-corrected chi connectivity index (χ2v) is 6.76. The fourth-order valence-electron chi connectivity index (χ4n) is 2.42. The number of nitrogens with zero attached hydrogens (tertiary/aromatic N) is 1. The van der Waals surface area contributed by atoms with Crippen LogP contribution in [0.15, 0.2) is 33.0 Å². The highest BCUT2D eigenvalue weighted by molar-refractivity contribution is 7.94. The first kappa shape index (κ1) is 15.2. The van der Waals surface area contributed by atoms with E-state index in [9.17, 15) is 13.2 Å². The highest BCUT2D eigenvalue weighted by Gasteiger charge is 2.25. The first-order valence-corrected chi connectivity index (χ1v) is 8.01. The van der Waals surface area contributed by atoms with Crippen molar-refractivity contribution in [1.82, 2.24) is 0 Å². The second-order valence-electron chi connectivity index (χ2n) is 5.00. The molecule has 112 valence electrons. The van der Waals surface area contributed by atoms with Gasteiger partial charge >= 0.3 is 0 Å². The van der Waals surface area contributed by atoms with Crippen molar-refractivity contribution in [2.24, 2.45) is 16.5 Å². The molecule has 1 amide bonds. The normalized spacial score (nSPS) is 15.8. The van der Waals surface area contributed by atoms with Gasteiger partial charge in [-0.15, -0.1) is 0 Å². The molecule has 0 bridgehead atoms. The lowest BCUT2D eigenvalue weighted by Crippen LogP contribution is -2.24. The largest absolute Gasteiger partial charge is 0.370 e. The lowest BCUT2D eigenvalue weighted by Gasteiger charge is -2.17. The van der Waals surface area contributed by atoms with E-state index in [0.29, 0.717) is 18.4 Å². The number of nitrogens with two attached hydrogens (primary N) is 2. The van der Waals surface area contributed by atoms with Gasteiger partial charge in [0.25, 0.3) is 5.91 Å². The van der Waals surface area contributed by atoms with Gasteiger partial charge in [-0.1, -0.05) is 18.6 Å². The molecule has 1 aliphatic heterocycles. The van der Waals surface area contributed by atoms with Crippen molar-refractivity contribution in [3.05, 3.63) is 39.8 Å². The molecule has 0 saturated carbocycles. The zero-order valence-electron chi connectivity index (χ0n) is 11.9. The summed E-state index contributed by atoms with van der Waals surface area (Å²) >= 11 is 0. The number of fused-ring (bicyclic) bond motifs is 1. The third-order valence-corrected chi connectivity index (χ3v) is 4.97. The molecule has 0 aromatic heterocycles. The van der Waals surface area contributed by atoms with Crippen LogP contribution < -0.4 is 11.5 Å². The van der Waals surface area contributed by atoms with Crippen LogP contribution >= 0.6 is 0 Å². The predicted octanol–water partition coefficient (Wildman–Crippen LogP) is 0.896. The fraction of sp³-hybridized carbons (Fsp3) is 0.286. The Labute approximate surface area is 123 Å².